The maximum absolute atomic E-state index is 6.36. The lowest BCUT2D eigenvalue weighted by molar-refractivity contribution is 0.354. The minimum atomic E-state index is 0.564. The van der Waals surface area contributed by atoms with Crippen LogP contribution >= 0.6 is 11.6 Å². The van der Waals surface area contributed by atoms with Gasteiger partial charge >= 0.3 is 0 Å². The Kier molecular flexibility index (Phi) is 4.45. The van der Waals surface area contributed by atoms with Crippen LogP contribution < -0.4 is 14.9 Å². The van der Waals surface area contributed by atoms with Gasteiger partial charge in [-0.1, -0.05) is 17.7 Å². The zero-order valence-corrected chi connectivity index (χ0v) is 12.9. The number of ether oxygens (including phenoxy) is 2. The molecular weight excluding hydrogens is 276 g/mol. The first-order valence-corrected chi connectivity index (χ1v) is 6.74. The van der Waals surface area contributed by atoms with Crippen LogP contribution in [0, 0.1) is 13.8 Å². The van der Waals surface area contributed by atoms with Crippen molar-refractivity contribution in [1.82, 2.24) is 4.68 Å². The predicted molar refractivity (Wildman–Crippen MR) is 81.5 cm³/mol. The quantitative estimate of drug-likeness (QED) is 0.916. The van der Waals surface area contributed by atoms with Gasteiger partial charge in [-0.25, -0.2) is 0 Å². The molecule has 108 valence electrons. The lowest BCUT2D eigenvalue weighted by Gasteiger charge is -2.16. The molecular formula is C15H19ClN2O2. The van der Waals surface area contributed by atoms with Crippen LogP contribution in [-0.4, -0.2) is 18.9 Å². The van der Waals surface area contributed by atoms with Crippen LogP contribution in [0.5, 0.6) is 11.5 Å². The molecule has 0 bridgehead atoms. The summed E-state index contributed by atoms with van der Waals surface area (Å²) in [7, 11) is 3.18. The largest absolute Gasteiger partial charge is 0.493 e. The molecule has 0 saturated heterocycles. The number of benzene rings is 1. The number of nitrogens with one attached hydrogen (secondary N) is 1. The highest BCUT2D eigenvalue weighted by atomic mass is 35.5. The standard InChI is InChI=1S/C15H19ClN2O2/c1-10-5-6-11(2)18(10)17-9-12-7-8-13(19-3)15(20-4)14(12)16/h5-8,17H,9H2,1-4H3. The van der Waals surface area contributed by atoms with Crippen molar-refractivity contribution in [3.8, 4) is 11.5 Å². The van der Waals surface area contributed by atoms with E-state index in [1.54, 1.807) is 14.2 Å². The molecule has 1 aromatic heterocycles. The molecule has 2 aromatic rings. The summed E-state index contributed by atoms with van der Waals surface area (Å²) in [6.45, 7) is 4.71. The van der Waals surface area contributed by atoms with E-state index >= 15 is 0 Å². The molecule has 1 heterocycles. The van der Waals surface area contributed by atoms with E-state index in [4.69, 9.17) is 21.1 Å². The maximum Gasteiger partial charge on any atom is 0.179 e. The smallest absolute Gasteiger partial charge is 0.179 e. The molecule has 0 aliphatic rings. The number of hydrogen-bond acceptors (Lipinski definition) is 3. The third-order valence-corrected chi connectivity index (χ3v) is 3.68. The molecule has 0 aliphatic carbocycles. The van der Waals surface area contributed by atoms with Gasteiger partial charge in [-0.05, 0) is 37.6 Å². The van der Waals surface area contributed by atoms with E-state index < -0.39 is 0 Å². The summed E-state index contributed by atoms with van der Waals surface area (Å²) in [6, 6.07) is 7.93. The fourth-order valence-corrected chi connectivity index (χ4v) is 2.45. The summed E-state index contributed by atoms with van der Waals surface area (Å²) >= 11 is 6.36. The van der Waals surface area contributed by atoms with Crippen molar-refractivity contribution in [1.29, 1.82) is 0 Å². The zero-order valence-electron chi connectivity index (χ0n) is 12.2. The fraction of sp³-hybridized carbons (Fsp3) is 0.333. The Morgan fingerprint density at radius 1 is 1.05 bits per heavy atom. The molecule has 2 rings (SSSR count). The fourth-order valence-electron chi connectivity index (χ4n) is 2.15. The van der Waals surface area contributed by atoms with Crippen LogP contribution in [0.2, 0.25) is 5.02 Å². The second-order valence-corrected chi connectivity index (χ2v) is 4.94. The summed E-state index contributed by atoms with van der Waals surface area (Å²) in [4.78, 5) is 0. The van der Waals surface area contributed by atoms with E-state index in [1.165, 1.54) is 0 Å². The SMILES string of the molecule is COc1ccc(CNn2c(C)ccc2C)c(Cl)c1OC. The van der Waals surface area contributed by atoms with Gasteiger partial charge in [0.15, 0.2) is 11.5 Å². The van der Waals surface area contributed by atoms with Gasteiger partial charge in [-0.2, -0.15) is 0 Å². The highest BCUT2D eigenvalue weighted by molar-refractivity contribution is 6.33. The van der Waals surface area contributed by atoms with Gasteiger partial charge < -0.3 is 14.9 Å². The third kappa shape index (κ3) is 2.70. The highest BCUT2D eigenvalue weighted by Crippen LogP contribution is 2.37. The molecule has 5 heteroatoms. The number of aryl methyl sites for hydroxylation is 2. The molecule has 20 heavy (non-hydrogen) atoms. The molecule has 0 amide bonds. The van der Waals surface area contributed by atoms with Crippen molar-refractivity contribution >= 4 is 11.6 Å². The number of nitrogens with zero attached hydrogens (tertiary/aromatic N) is 1. The Labute approximate surface area is 124 Å². The Bertz CT molecular complexity index is 589. The van der Waals surface area contributed by atoms with Crippen molar-refractivity contribution in [2.45, 2.75) is 20.4 Å². The maximum atomic E-state index is 6.36. The lowest BCUT2D eigenvalue weighted by atomic mass is 10.2. The van der Waals surface area contributed by atoms with Gasteiger partial charge in [-0.3, -0.25) is 4.68 Å². The van der Waals surface area contributed by atoms with Crippen LogP contribution in [-0.2, 0) is 6.54 Å². The van der Waals surface area contributed by atoms with Gasteiger partial charge in [-0.15, -0.1) is 0 Å². The number of halogens is 1. The first-order valence-electron chi connectivity index (χ1n) is 6.36. The van der Waals surface area contributed by atoms with E-state index in [9.17, 15) is 0 Å². The topological polar surface area (TPSA) is 35.4 Å². The number of hydrogen-bond donors (Lipinski definition) is 1. The Morgan fingerprint density at radius 2 is 1.70 bits per heavy atom. The van der Waals surface area contributed by atoms with Gasteiger partial charge in [0, 0.05) is 11.4 Å². The first kappa shape index (κ1) is 14.6. The monoisotopic (exact) mass is 294 g/mol. The number of rotatable bonds is 5. The molecule has 0 atom stereocenters. The van der Waals surface area contributed by atoms with Gasteiger partial charge in [0.2, 0.25) is 0 Å². The van der Waals surface area contributed by atoms with Crippen molar-refractivity contribution in [2.24, 2.45) is 0 Å². The van der Waals surface area contributed by atoms with E-state index in [1.807, 2.05) is 16.8 Å². The van der Waals surface area contributed by atoms with Crippen LogP contribution in [0.1, 0.15) is 17.0 Å². The van der Waals surface area contributed by atoms with E-state index in [-0.39, 0.29) is 0 Å². The Morgan fingerprint density at radius 3 is 2.25 bits per heavy atom. The van der Waals surface area contributed by atoms with E-state index in [0.717, 1.165) is 17.0 Å². The second kappa shape index (κ2) is 6.09. The van der Waals surface area contributed by atoms with Crippen LogP contribution in [0.4, 0.5) is 0 Å². The summed E-state index contributed by atoms with van der Waals surface area (Å²) in [5, 5.41) is 0.571. The molecule has 1 aromatic carbocycles. The van der Waals surface area contributed by atoms with Crippen LogP contribution in [0.3, 0.4) is 0 Å². The van der Waals surface area contributed by atoms with Gasteiger partial charge in [0.05, 0.1) is 25.8 Å². The van der Waals surface area contributed by atoms with Gasteiger partial charge in [0.1, 0.15) is 0 Å². The summed E-state index contributed by atoms with van der Waals surface area (Å²) < 4.78 is 12.6. The predicted octanol–water partition coefficient (Wildman–Crippen LogP) is 3.52. The van der Waals surface area contributed by atoms with Crippen molar-refractivity contribution in [2.75, 3.05) is 19.6 Å². The van der Waals surface area contributed by atoms with Crippen molar-refractivity contribution < 1.29 is 9.47 Å². The van der Waals surface area contributed by atoms with E-state index in [0.29, 0.717) is 23.1 Å². The molecule has 1 N–H and O–H groups in total. The number of methoxy groups -OCH3 is 2. The average Bonchev–Trinajstić information content (AvgIpc) is 2.76. The molecule has 0 radical (unpaired) electrons. The normalized spacial score (nSPS) is 10.4. The minimum absolute atomic E-state index is 0.564. The molecule has 0 fully saturated rings. The summed E-state index contributed by atoms with van der Waals surface area (Å²) in [5.41, 5.74) is 6.60. The molecule has 4 nitrogen and oxygen atoms in total. The van der Waals surface area contributed by atoms with Crippen LogP contribution in [0.15, 0.2) is 24.3 Å². The summed E-state index contributed by atoms with van der Waals surface area (Å²) in [5.74, 6) is 1.20. The Balaban J connectivity index is 2.22. The average molecular weight is 295 g/mol. The Hall–Kier alpha value is -1.81. The van der Waals surface area contributed by atoms with Crippen molar-refractivity contribution in [3.05, 3.63) is 46.2 Å². The lowest BCUT2D eigenvalue weighted by Crippen LogP contribution is -2.17. The molecule has 0 spiro atoms. The zero-order chi connectivity index (χ0) is 14.7. The third-order valence-electron chi connectivity index (χ3n) is 3.26. The molecule has 0 aliphatic heterocycles. The van der Waals surface area contributed by atoms with Crippen LogP contribution in [0.25, 0.3) is 0 Å². The van der Waals surface area contributed by atoms with E-state index in [2.05, 4.69) is 31.4 Å². The number of aromatic nitrogens is 1. The second-order valence-electron chi connectivity index (χ2n) is 4.56. The molecule has 0 saturated carbocycles. The minimum Gasteiger partial charge on any atom is -0.493 e. The van der Waals surface area contributed by atoms with Crippen molar-refractivity contribution in [3.63, 3.8) is 0 Å². The molecule has 0 unspecified atom stereocenters. The highest BCUT2D eigenvalue weighted by Gasteiger charge is 2.13. The van der Waals surface area contributed by atoms with Gasteiger partial charge in [0.25, 0.3) is 0 Å². The summed E-state index contributed by atoms with van der Waals surface area (Å²) in [6.07, 6.45) is 0. The first-order chi connectivity index (χ1) is 9.58.